The summed E-state index contributed by atoms with van der Waals surface area (Å²) in [6, 6.07) is 0. The monoisotopic (exact) mass is 228 g/mol. The summed E-state index contributed by atoms with van der Waals surface area (Å²) in [7, 11) is 0. The highest BCUT2D eigenvalue weighted by molar-refractivity contribution is 5.77. The van der Waals surface area contributed by atoms with Crippen LogP contribution >= 0.6 is 0 Å². The van der Waals surface area contributed by atoms with Crippen LogP contribution in [0.15, 0.2) is 0 Å². The van der Waals surface area contributed by atoms with Crippen molar-refractivity contribution in [2.75, 3.05) is 26.2 Å². The number of hydrogen-bond acceptors (Lipinski definition) is 3. The largest absolute Gasteiger partial charge is 0.396 e. The number of carbonyl (C=O) groups excluding carboxylic acids is 1. The second-order valence-corrected chi connectivity index (χ2v) is 4.78. The topological polar surface area (TPSA) is 61.4 Å². The summed E-state index contributed by atoms with van der Waals surface area (Å²) in [6.07, 6.45) is 5.82. The normalized spacial score (nSPS) is 19.4. The Bertz CT molecular complexity index is 213. The van der Waals surface area contributed by atoms with E-state index in [4.69, 9.17) is 0 Å². The van der Waals surface area contributed by atoms with Crippen molar-refractivity contribution in [1.82, 2.24) is 10.6 Å². The van der Waals surface area contributed by atoms with Gasteiger partial charge in [0.05, 0.1) is 6.54 Å². The Morgan fingerprint density at radius 1 is 1.31 bits per heavy atom. The minimum atomic E-state index is 0.0186. The first-order valence-corrected chi connectivity index (χ1v) is 6.31. The third-order valence-electron chi connectivity index (χ3n) is 3.41. The molecule has 94 valence electrons. The van der Waals surface area contributed by atoms with Crippen LogP contribution in [0.2, 0.25) is 0 Å². The Balaban J connectivity index is 2.25. The highest BCUT2D eigenvalue weighted by atomic mass is 16.3. The van der Waals surface area contributed by atoms with Gasteiger partial charge in [0.2, 0.25) is 5.91 Å². The molecule has 3 N–H and O–H groups in total. The minimum Gasteiger partial charge on any atom is -0.396 e. The van der Waals surface area contributed by atoms with Crippen LogP contribution in [0.1, 0.15) is 39.0 Å². The van der Waals surface area contributed by atoms with Crippen LogP contribution in [0.5, 0.6) is 0 Å². The van der Waals surface area contributed by atoms with Gasteiger partial charge in [-0.1, -0.05) is 19.3 Å². The van der Waals surface area contributed by atoms with E-state index in [2.05, 4.69) is 10.6 Å². The van der Waals surface area contributed by atoms with Gasteiger partial charge in [-0.25, -0.2) is 0 Å². The fourth-order valence-corrected chi connectivity index (χ4v) is 2.39. The van der Waals surface area contributed by atoms with E-state index in [0.717, 1.165) is 19.4 Å². The quantitative estimate of drug-likeness (QED) is 0.626. The first kappa shape index (κ1) is 13.5. The van der Waals surface area contributed by atoms with E-state index in [1.807, 2.05) is 6.92 Å². The molecular weight excluding hydrogens is 204 g/mol. The van der Waals surface area contributed by atoms with E-state index in [9.17, 15) is 9.90 Å². The van der Waals surface area contributed by atoms with Crippen molar-refractivity contribution in [3.05, 3.63) is 0 Å². The number of amides is 1. The first-order valence-electron chi connectivity index (χ1n) is 6.31. The van der Waals surface area contributed by atoms with Crippen LogP contribution in [0, 0.1) is 5.41 Å². The van der Waals surface area contributed by atoms with Crippen LogP contribution in [0.25, 0.3) is 0 Å². The number of nitrogens with one attached hydrogen (secondary N) is 2. The number of rotatable bonds is 6. The van der Waals surface area contributed by atoms with Gasteiger partial charge in [-0.2, -0.15) is 0 Å². The smallest absolute Gasteiger partial charge is 0.233 e. The third-order valence-corrected chi connectivity index (χ3v) is 3.41. The van der Waals surface area contributed by atoms with Gasteiger partial charge in [0.25, 0.3) is 0 Å². The van der Waals surface area contributed by atoms with Crippen molar-refractivity contribution in [3.63, 3.8) is 0 Å². The summed E-state index contributed by atoms with van der Waals surface area (Å²) in [5.41, 5.74) is 0.0186. The molecule has 0 spiro atoms. The van der Waals surface area contributed by atoms with Gasteiger partial charge in [-0.05, 0) is 19.8 Å². The molecule has 0 bridgehead atoms. The van der Waals surface area contributed by atoms with E-state index in [1.54, 1.807) is 0 Å². The Morgan fingerprint density at radius 2 is 2.00 bits per heavy atom. The molecule has 0 aromatic rings. The number of aliphatic hydroxyl groups is 1. The molecule has 0 aliphatic heterocycles. The summed E-state index contributed by atoms with van der Waals surface area (Å²) < 4.78 is 0. The molecule has 1 aliphatic rings. The first-order chi connectivity index (χ1) is 7.72. The fourth-order valence-electron chi connectivity index (χ4n) is 2.39. The summed E-state index contributed by atoms with van der Waals surface area (Å²) in [6.45, 7) is 3.92. The predicted octanol–water partition coefficient (Wildman–Crippen LogP) is 0.655. The zero-order chi connectivity index (χ0) is 11.9. The minimum absolute atomic E-state index is 0.0186. The van der Waals surface area contributed by atoms with Crippen LogP contribution < -0.4 is 10.6 Å². The maximum atomic E-state index is 11.2. The lowest BCUT2D eigenvalue weighted by Crippen LogP contribution is -2.42. The van der Waals surface area contributed by atoms with Gasteiger partial charge in [-0.15, -0.1) is 0 Å². The van der Waals surface area contributed by atoms with Crippen molar-refractivity contribution in [1.29, 1.82) is 0 Å². The third kappa shape index (κ3) is 4.10. The Labute approximate surface area is 97.8 Å². The molecule has 4 nitrogen and oxygen atoms in total. The Hall–Kier alpha value is -0.610. The molecule has 0 unspecified atom stereocenters. The lowest BCUT2D eigenvalue weighted by Gasteiger charge is -2.35. The SMILES string of the molecule is CCNC(=O)CNCC1(CO)CCCCC1. The standard InChI is InChI=1S/C12H24N2O2/c1-2-14-11(16)8-13-9-12(10-15)6-4-3-5-7-12/h13,15H,2-10H2,1H3,(H,14,16). The predicted molar refractivity (Wildman–Crippen MR) is 64.2 cm³/mol. The van der Waals surface area contributed by atoms with Crippen molar-refractivity contribution in [3.8, 4) is 0 Å². The van der Waals surface area contributed by atoms with Crippen molar-refractivity contribution < 1.29 is 9.90 Å². The van der Waals surface area contributed by atoms with Crippen molar-refractivity contribution in [2.24, 2.45) is 5.41 Å². The molecule has 16 heavy (non-hydrogen) atoms. The second-order valence-electron chi connectivity index (χ2n) is 4.78. The molecule has 4 heteroatoms. The number of hydrogen-bond donors (Lipinski definition) is 3. The summed E-state index contributed by atoms with van der Waals surface area (Å²) in [5.74, 6) is 0.0337. The molecule has 1 saturated carbocycles. The molecule has 0 heterocycles. The zero-order valence-electron chi connectivity index (χ0n) is 10.2. The summed E-state index contributed by atoms with van der Waals surface area (Å²) >= 11 is 0. The number of likely N-dealkylation sites (N-methyl/N-ethyl adjacent to an activating group) is 1. The van der Waals surface area contributed by atoms with Crippen molar-refractivity contribution >= 4 is 5.91 Å². The highest BCUT2D eigenvalue weighted by Gasteiger charge is 2.30. The van der Waals surface area contributed by atoms with Crippen LogP contribution in [-0.2, 0) is 4.79 Å². The Morgan fingerprint density at radius 3 is 2.56 bits per heavy atom. The molecule has 0 atom stereocenters. The molecule has 0 saturated heterocycles. The molecule has 1 fully saturated rings. The highest BCUT2D eigenvalue weighted by Crippen LogP contribution is 2.34. The zero-order valence-corrected chi connectivity index (χ0v) is 10.2. The summed E-state index contributed by atoms with van der Waals surface area (Å²) in [5, 5.41) is 15.4. The fraction of sp³-hybridized carbons (Fsp3) is 0.917. The summed E-state index contributed by atoms with van der Waals surface area (Å²) in [4.78, 5) is 11.2. The average molecular weight is 228 g/mol. The molecule has 0 radical (unpaired) electrons. The molecule has 1 rings (SSSR count). The maximum absolute atomic E-state index is 11.2. The van der Waals surface area contributed by atoms with E-state index >= 15 is 0 Å². The van der Waals surface area contributed by atoms with Crippen LogP contribution in [-0.4, -0.2) is 37.3 Å². The van der Waals surface area contributed by atoms with Gasteiger partial charge in [0.1, 0.15) is 0 Å². The molecule has 1 amide bonds. The molecule has 0 aromatic heterocycles. The van der Waals surface area contributed by atoms with E-state index < -0.39 is 0 Å². The number of carbonyl (C=O) groups is 1. The van der Waals surface area contributed by atoms with Gasteiger partial charge in [0.15, 0.2) is 0 Å². The maximum Gasteiger partial charge on any atom is 0.233 e. The lowest BCUT2D eigenvalue weighted by atomic mass is 9.74. The van der Waals surface area contributed by atoms with E-state index in [0.29, 0.717) is 13.1 Å². The Kier molecular flexibility index (Phi) is 5.77. The van der Waals surface area contributed by atoms with Gasteiger partial charge in [-0.3, -0.25) is 4.79 Å². The van der Waals surface area contributed by atoms with Gasteiger partial charge < -0.3 is 15.7 Å². The van der Waals surface area contributed by atoms with E-state index in [1.165, 1.54) is 19.3 Å². The molecule has 1 aliphatic carbocycles. The average Bonchev–Trinajstić information content (AvgIpc) is 2.31. The number of aliphatic hydroxyl groups excluding tert-OH is 1. The van der Waals surface area contributed by atoms with Gasteiger partial charge in [0, 0.05) is 25.1 Å². The van der Waals surface area contributed by atoms with Crippen LogP contribution in [0.4, 0.5) is 0 Å². The van der Waals surface area contributed by atoms with E-state index in [-0.39, 0.29) is 17.9 Å². The molecule has 0 aromatic carbocycles. The second kappa shape index (κ2) is 6.86. The molecular formula is C12H24N2O2. The van der Waals surface area contributed by atoms with Crippen molar-refractivity contribution in [2.45, 2.75) is 39.0 Å². The van der Waals surface area contributed by atoms with Gasteiger partial charge >= 0.3 is 0 Å². The van der Waals surface area contributed by atoms with Crippen LogP contribution in [0.3, 0.4) is 0 Å². The lowest BCUT2D eigenvalue weighted by molar-refractivity contribution is -0.120.